The third kappa shape index (κ3) is 6.97. The van der Waals surface area contributed by atoms with Crippen LogP contribution in [-0.4, -0.2) is 0 Å². The van der Waals surface area contributed by atoms with E-state index in [0.717, 1.165) is 5.56 Å². The molecule has 0 aliphatic rings. The monoisotopic (exact) mass is 317 g/mol. The van der Waals surface area contributed by atoms with Gasteiger partial charge in [-0.2, -0.15) is 48.7 Å². The van der Waals surface area contributed by atoms with Gasteiger partial charge in [0.05, 0.1) is 0 Å². The summed E-state index contributed by atoms with van der Waals surface area (Å²) in [5.41, 5.74) is 0.958. The first-order valence-corrected chi connectivity index (χ1v) is 3.78. The van der Waals surface area contributed by atoms with Gasteiger partial charge in [0.25, 0.3) is 0 Å². The molecule has 0 aliphatic heterocycles. The molecular formula is C12H10AgFe. The first kappa shape index (κ1) is 16.0. The van der Waals surface area contributed by atoms with E-state index < -0.39 is 0 Å². The van der Waals surface area contributed by atoms with Gasteiger partial charge in [0.15, 0.2) is 0 Å². The zero-order chi connectivity index (χ0) is 8.65. The molecule has 77 valence electrons. The van der Waals surface area contributed by atoms with Gasteiger partial charge < -0.3 is 0 Å². The molecule has 0 N–H and O–H groups in total. The molecule has 0 saturated carbocycles. The fraction of sp³-hybridized carbons (Fsp3) is 0. The van der Waals surface area contributed by atoms with Crippen LogP contribution >= 0.6 is 0 Å². The van der Waals surface area contributed by atoms with E-state index in [0.29, 0.717) is 0 Å². The van der Waals surface area contributed by atoms with Crippen LogP contribution in [0.1, 0.15) is 5.56 Å². The summed E-state index contributed by atoms with van der Waals surface area (Å²) in [5, 5.41) is 0. The van der Waals surface area contributed by atoms with Crippen LogP contribution in [0.15, 0.2) is 54.6 Å². The SMILES string of the molecule is C#Cc1ccc[cH-]1.[Ag].[Fe+2].c1cc[cH-]c1. The number of hydrogen-bond acceptors (Lipinski definition) is 0. The molecule has 0 nitrogen and oxygen atoms in total. The fourth-order valence-corrected chi connectivity index (χ4v) is 0.791. The van der Waals surface area contributed by atoms with E-state index in [9.17, 15) is 0 Å². The predicted octanol–water partition coefficient (Wildman–Crippen LogP) is 2.79. The van der Waals surface area contributed by atoms with Gasteiger partial charge in [0, 0.05) is 22.4 Å². The number of rotatable bonds is 0. The molecule has 0 aliphatic carbocycles. The molecule has 0 saturated heterocycles. The summed E-state index contributed by atoms with van der Waals surface area (Å²) < 4.78 is 0. The molecule has 0 heterocycles. The third-order valence-electron chi connectivity index (χ3n) is 1.38. The summed E-state index contributed by atoms with van der Waals surface area (Å²) in [5.74, 6) is 2.51. The molecule has 0 amide bonds. The summed E-state index contributed by atoms with van der Waals surface area (Å²) in [7, 11) is 0. The van der Waals surface area contributed by atoms with Crippen molar-refractivity contribution in [1.29, 1.82) is 0 Å². The van der Waals surface area contributed by atoms with Gasteiger partial charge in [0.1, 0.15) is 0 Å². The molecule has 0 aromatic heterocycles. The van der Waals surface area contributed by atoms with Crippen LogP contribution in [0.3, 0.4) is 0 Å². The van der Waals surface area contributed by atoms with Crippen LogP contribution in [0.25, 0.3) is 0 Å². The Labute approximate surface area is 111 Å². The molecule has 2 rings (SSSR count). The summed E-state index contributed by atoms with van der Waals surface area (Å²) in [4.78, 5) is 0. The first-order valence-electron chi connectivity index (χ1n) is 3.78. The molecule has 0 atom stereocenters. The van der Waals surface area contributed by atoms with Gasteiger partial charge in [-0.25, -0.2) is 12.1 Å². The van der Waals surface area contributed by atoms with Crippen molar-refractivity contribution in [3.63, 3.8) is 0 Å². The molecule has 0 unspecified atom stereocenters. The van der Waals surface area contributed by atoms with Crippen LogP contribution in [-0.2, 0) is 39.4 Å². The zero-order valence-corrected chi connectivity index (χ0v) is 10.0. The Morgan fingerprint density at radius 1 is 1.07 bits per heavy atom. The minimum Gasteiger partial charge on any atom is -0.214 e. The Morgan fingerprint density at radius 3 is 1.93 bits per heavy atom. The summed E-state index contributed by atoms with van der Waals surface area (Å²) in [6.07, 6.45) is 5.04. The molecule has 0 fully saturated rings. The minimum absolute atomic E-state index is 0. The predicted molar refractivity (Wildman–Crippen MR) is 52.0 cm³/mol. The van der Waals surface area contributed by atoms with Crippen molar-refractivity contribution in [2.45, 2.75) is 0 Å². The summed E-state index contributed by atoms with van der Waals surface area (Å²) in [6.45, 7) is 0. The van der Waals surface area contributed by atoms with Crippen molar-refractivity contribution < 1.29 is 39.4 Å². The van der Waals surface area contributed by atoms with Crippen LogP contribution in [0.4, 0.5) is 0 Å². The second-order valence-electron chi connectivity index (χ2n) is 2.28. The quantitative estimate of drug-likeness (QED) is 0.398. The van der Waals surface area contributed by atoms with E-state index in [1.54, 1.807) is 0 Å². The fourth-order valence-electron chi connectivity index (χ4n) is 0.791. The summed E-state index contributed by atoms with van der Waals surface area (Å²) >= 11 is 0. The maximum Gasteiger partial charge on any atom is 2.00 e. The van der Waals surface area contributed by atoms with E-state index >= 15 is 0 Å². The molecular weight excluding hydrogens is 308 g/mol. The van der Waals surface area contributed by atoms with Gasteiger partial charge in [-0.1, -0.05) is 0 Å². The molecule has 2 aromatic rings. The van der Waals surface area contributed by atoms with E-state index in [4.69, 9.17) is 6.42 Å². The number of hydrogen-bond donors (Lipinski definition) is 0. The molecule has 0 spiro atoms. The Kier molecular flexibility index (Phi) is 12.1. The van der Waals surface area contributed by atoms with Crippen LogP contribution in [0.2, 0.25) is 0 Å². The largest absolute Gasteiger partial charge is 2.00 e. The van der Waals surface area contributed by atoms with Crippen molar-refractivity contribution >= 4 is 0 Å². The van der Waals surface area contributed by atoms with Crippen LogP contribution in [0.5, 0.6) is 0 Å². The Balaban J connectivity index is 0. The van der Waals surface area contributed by atoms with Gasteiger partial charge in [-0.15, -0.1) is 11.6 Å². The molecule has 0 bridgehead atoms. The van der Waals surface area contributed by atoms with Gasteiger partial charge in [0.2, 0.25) is 0 Å². The van der Waals surface area contributed by atoms with E-state index in [1.807, 2.05) is 54.6 Å². The zero-order valence-electron chi connectivity index (χ0n) is 7.43. The van der Waals surface area contributed by atoms with Gasteiger partial charge >= 0.3 is 17.1 Å². The second-order valence-corrected chi connectivity index (χ2v) is 2.28. The van der Waals surface area contributed by atoms with Gasteiger partial charge in [-0.05, 0) is 0 Å². The van der Waals surface area contributed by atoms with Crippen molar-refractivity contribution in [3.8, 4) is 12.3 Å². The minimum atomic E-state index is 0. The van der Waals surface area contributed by atoms with E-state index in [-0.39, 0.29) is 39.4 Å². The Morgan fingerprint density at radius 2 is 1.71 bits per heavy atom. The average Bonchev–Trinajstić information content (AvgIpc) is 2.81. The van der Waals surface area contributed by atoms with E-state index in [2.05, 4.69) is 5.92 Å². The van der Waals surface area contributed by atoms with Crippen molar-refractivity contribution in [1.82, 2.24) is 0 Å². The molecule has 1 radical (unpaired) electrons. The standard InChI is InChI=1S/C7H5.C5H5.Ag.Fe/c1-2-7-5-3-4-6-7;1-2-4-5-3-1;;/h1,3-6H;1-5H;;/q2*-1;;+2. The normalized spacial score (nSPS) is 6.79. The summed E-state index contributed by atoms with van der Waals surface area (Å²) in [6, 6.07) is 17.7. The Hall–Kier alpha value is -0.480. The first-order chi connectivity index (χ1) is 5.93. The maximum absolute atomic E-state index is 5.04. The topological polar surface area (TPSA) is 0 Å². The van der Waals surface area contributed by atoms with Crippen LogP contribution in [0, 0.1) is 12.3 Å². The molecule has 2 heteroatoms. The smallest absolute Gasteiger partial charge is 0.214 e. The van der Waals surface area contributed by atoms with Crippen molar-refractivity contribution in [3.05, 3.63) is 60.2 Å². The maximum atomic E-state index is 5.04. The third-order valence-corrected chi connectivity index (χ3v) is 1.38. The second kappa shape index (κ2) is 10.6. The Bertz CT molecular complexity index is 296. The number of terminal acetylenes is 1. The molecule has 14 heavy (non-hydrogen) atoms. The van der Waals surface area contributed by atoms with Gasteiger partial charge in [-0.3, -0.25) is 0 Å². The van der Waals surface area contributed by atoms with Crippen molar-refractivity contribution in [2.24, 2.45) is 0 Å². The van der Waals surface area contributed by atoms with Crippen LogP contribution < -0.4 is 0 Å². The van der Waals surface area contributed by atoms with Crippen molar-refractivity contribution in [2.75, 3.05) is 0 Å². The molecule has 2 aromatic carbocycles. The average molecular weight is 318 g/mol. The van der Waals surface area contributed by atoms with E-state index in [1.165, 1.54) is 0 Å².